The fourth-order valence-electron chi connectivity index (χ4n) is 3.84. The van der Waals surface area contributed by atoms with Gasteiger partial charge in [-0.15, -0.1) is 0 Å². The lowest BCUT2D eigenvalue weighted by Crippen LogP contribution is -2.40. The molecule has 1 aliphatic heterocycles. The third-order valence-corrected chi connectivity index (χ3v) is 5.53. The molecule has 0 unspecified atom stereocenters. The highest BCUT2D eigenvalue weighted by atomic mass is 16.6. The molecule has 1 amide bonds. The molecule has 1 saturated carbocycles. The fraction of sp³-hybridized carbons (Fsp3) is 0.632. The average molecular weight is 376 g/mol. The Kier molecular flexibility index (Phi) is 6.15. The Bertz CT molecular complexity index is 695. The molecule has 1 aromatic rings. The number of amides is 1. The Morgan fingerprint density at radius 2 is 1.89 bits per heavy atom. The normalized spacial score (nSPS) is 23.0. The van der Waals surface area contributed by atoms with Gasteiger partial charge in [-0.05, 0) is 37.7 Å². The van der Waals surface area contributed by atoms with E-state index in [4.69, 9.17) is 4.74 Å². The van der Waals surface area contributed by atoms with E-state index in [2.05, 4.69) is 22.5 Å². The number of anilines is 2. The second-order valence-corrected chi connectivity index (χ2v) is 7.42. The van der Waals surface area contributed by atoms with Crippen molar-refractivity contribution >= 4 is 23.0 Å². The molecule has 8 nitrogen and oxygen atoms in total. The molecule has 2 N–H and O–H groups in total. The van der Waals surface area contributed by atoms with Crippen LogP contribution in [0, 0.1) is 16.0 Å². The van der Waals surface area contributed by atoms with Crippen LogP contribution in [0.25, 0.3) is 0 Å². The molecule has 0 radical (unpaired) electrons. The number of nitro groups is 1. The van der Waals surface area contributed by atoms with Gasteiger partial charge in [-0.2, -0.15) is 0 Å². The summed E-state index contributed by atoms with van der Waals surface area (Å²) in [5.74, 6) is 0.458. The topological polar surface area (TPSA) is 96.7 Å². The van der Waals surface area contributed by atoms with E-state index in [1.54, 1.807) is 13.1 Å². The Hall–Kier alpha value is -2.35. The Labute approximate surface area is 159 Å². The molecule has 0 spiro atoms. The van der Waals surface area contributed by atoms with Crippen LogP contribution >= 0.6 is 0 Å². The lowest BCUT2D eigenvalue weighted by molar-refractivity contribution is -0.383. The third kappa shape index (κ3) is 4.50. The molecule has 1 heterocycles. The van der Waals surface area contributed by atoms with Crippen LogP contribution in [-0.4, -0.2) is 50.2 Å². The number of ether oxygens (including phenoxy) is 1. The second kappa shape index (κ2) is 8.56. The number of carbonyl (C=O) groups is 1. The molecule has 1 aliphatic carbocycles. The van der Waals surface area contributed by atoms with E-state index >= 15 is 0 Å². The summed E-state index contributed by atoms with van der Waals surface area (Å²) < 4.78 is 5.41. The minimum atomic E-state index is -0.450. The van der Waals surface area contributed by atoms with Crippen molar-refractivity contribution in [3.63, 3.8) is 0 Å². The number of nitro benzene ring substituents is 1. The van der Waals surface area contributed by atoms with E-state index in [1.807, 2.05) is 0 Å². The number of morpholine rings is 1. The highest BCUT2D eigenvalue weighted by Crippen LogP contribution is 2.34. The van der Waals surface area contributed by atoms with Crippen LogP contribution < -0.4 is 15.5 Å². The minimum Gasteiger partial charge on any atom is -0.383 e. The van der Waals surface area contributed by atoms with Gasteiger partial charge in [0.2, 0.25) is 0 Å². The van der Waals surface area contributed by atoms with Crippen LogP contribution in [0.15, 0.2) is 12.1 Å². The smallest absolute Gasteiger partial charge is 0.293 e. The van der Waals surface area contributed by atoms with Crippen molar-refractivity contribution in [1.82, 2.24) is 5.32 Å². The molecule has 2 fully saturated rings. The first-order chi connectivity index (χ1) is 13.0. The van der Waals surface area contributed by atoms with Gasteiger partial charge >= 0.3 is 0 Å². The molecule has 0 bridgehead atoms. The number of nitrogens with one attached hydrogen (secondary N) is 2. The van der Waals surface area contributed by atoms with E-state index in [0.29, 0.717) is 43.5 Å². The lowest BCUT2D eigenvalue weighted by Gasteiger charge is -2.31. The van der Waals surface area contributed by atoms with Gasteiger partial charge in [0.15, 0.2) is 0 Å². The van der Waals surface area contributed by atoms with Crippen LogP contribution in [0.3, 0.4) is 0 Å². The average Bonchev–Trinajstić information content (AvgIpc) is 2.69. The zero-order valence-corrected chi connectivity index (χ0v) is 16.0. The van der Waals surface area contributed by atoms with Gasteiger partial charge in [0.25, 0.3) is 11.6 Å². The summed E-state index contributed by atoms with van der Waals surface area (Å²) in [6.45, 7) is 4.69. The molecular formula is C19H28N4O4. The zero-order chi connectivity index (χ0) is 19.4. The molecule has 27 heavy (non-hydrogen) atoms. The number of rotatable bonds is 5. The van der Waals surface area contributed by atoms with Crippen LogP contribution in [0.1, 0.15) is 43.0 Å². The molecule has 0 aromatic heterocycles. The summed E-state index contributed by atoms with van der Waals surface area (Å²) >= 11 is 0. The van der Waals surface area contributed by atoms with Gasteiger partial charge in [0, 0.05) is 32.2 Å². The largest absolute Gasteiger partial charge is 0.383 e. The van der Waals surface area contributed by atoms with E-state index in [9.17, 15) is 14.9 Å². The highest BCUT2D eigenvalue weighted by Gasteiger charge is 2.27. The fourth-order valence-corrected chi connectivity index (χ4v) is 3.84. The maximum Gasteiger partial charge on any atom is 0.293 e. The molecule has 2 aliphatic rings. The predicted octanol–water partition coefficient (Wildman–Crippen LogP) is 2.78. The van der Waals surface area contributed by atoms with Crippen molar-refractivity contribution in [2.45, 2.75) is 38.6 Å². The predicted molar refractivity (Wildman–Crippen MR) is 105 cm³/mol. The maximum atomic E-state index is 13.0. The summed E-state index contributed by atoms with van der Waals surface area (Å²) in [5.41, 5.74) is 1.40. The summed E-state index contributed by atoms with van der Waals surface area (Å²) in [6.07, 6.45) is 4.10. The number of benzene rings is 1. The highest BCUT2D eigenvalue weighted by molar-refractivity contribution is 6.02. The summed E-state index contributed by atoms with van der Waals surface area (Å²) in [6, 6.07) is 3.24. The Balaban J connectivity index is 1.91. The first-order valence-corrected chi connectivity index (χ1v) is 9.63. The van der Waals surface area contributed by atoms with Gasteiger partial charge in [0.05, 0.1) is 29.4 Å². The van der Waals surface area contributed by atoms with Gasteiger partial charge in [-0.25, -0.2) is 0 Å². The summed E-state index contributed by atoms with van der Waals surface area (Å²) in [5, 5.41) is 17.4. The summed E-state index contributed by atoms with van der Waals surface area (Å²) in [4.78, 5) is 26.1. The van der Waals surface area contributed by atoms with Crippen molar-refractivity contribution in [1.29, 1.82) is 0 Å². The Morgan fingerprint density at radius 1 is 1.22 bits per heavy atom. The standard InChI is InChI=1S/C19H28N4O4/c1-13-3-5-14(6-4-13)21-19(24)15-11-18(23(25)26)16(20-2)12-17(15)22-7-9-27-10-8-22/h11-14,20H,3-10H2,1-2H3,(H,21,24)/t13-,14-. The second-order valence-electron chi connectivity index (χ2n) is 7.42. The van der Waals surface area contributed by atoms with Crippen LogP contribution in [0.2, 0.25) is 0 Å². The SMILES string of the molecule is CNc1cc(N2CCOCC2)c(C(=O)N[C@H]2CC[C@H](C)CC2)cc1[N+](=O)[O-]. The lowest BCUT2D eigenvalue weighted by atomic mass is 9.87. The molecule has 0 atom stereocenters. The van der Waals surface area contributed by atoms with Gasteiger partial charge in [0.1, 0.15) is 5.69 Å². The summed E-state index contributed by atoms with van der Waals surface area (Å²) in [7, 11) is 1.65. The number of nitrogens with zero attached hydrogens (tertiary/aromatic N) is 2. The van der Waals surface area contributed by atoms with Crippen LogP contribution in [-0.2, 0) is 4.74 Å². The maximum absolute atomic E-state index is 13.0. The van der Waals surface area contributed by atoms with E-state index in [-0.39, 0.29) is 17.6 Å². The van der Waals surface area contributed by atoms with Crippen molar-refractivity contribution in [3.05, 3.63) is 27.8 Å². The molecule has 1 saturated heterocycles. The number of carbonyl (C=O) groups excluding carboxylic acids is 1. The van der Waals surface area contributed by atoms with Crippen molar-refractivity contribution < 1.29 is 14.5 Å². The molecule has 1 aromatic carbocycles. The number of hydrogen-bond donors (Lipinski definition) is 2. The zero-order valence-electron chi connectivity index (χ0n) is 16.0. The minimum absolute atomic E-state index is 0.0862. The van der Waals surface area contributed by atoms with Crippen molar-refractivity contribution in [2.75, 3.05) is 43.6 Å². The first kappa shape index (κ1) is 19.4. The quantitative estimate of drug-likeness (QED) is 0.606. The van der Waals surface area contributed by atoms with Gasteiger partial charge in [-0.3, -0.25) is 14.9 Å². The van der Waals surface area contributed by atoms with Crippen LogP contribution in [0.4, 0.5) is 17.1 Å². The van der Waals surface area contributed by atoms with Gasteiger partial charge in [-0.1, -0.05) is 6.92 Å². The van der Waals surface area contributed by atoms with Crippen molar-refractivity contribution in [3.8, 4) is 0 Å². The third-order valence-electron chi connectivity index (χ3n) is 5.53. The van der Waals surface area contributed by atoms with E-state index < -0.39 is 4.92 Å². The number of hydrogen-bond acceptors (Lipinski definition) is 6. The molecule has 3 rings (SSSR count). The van der Waals surface area contributed by atoms with Crippen LogP contribution in [0.5, 0.6) is 0 Å². The Morgan fingerprint density at radius 3 is 2.48 bits per heavy atom. The molecule has 8 heteroatoms. The van der Waals surface area contributed by atoms with Crippen molar-refractivity contribution in [2.24, 2.45) is 5.92 Å². The first-order valence-electron chi connectivity index (χ1n) is 9.63. The van der Waals surface area contributed by atoms with Gasteiger partial charge < -0.3 is 20.3 Å². The van der Waals surface area contributed by atoms with E-state index in [0.717, 1.165) is 31.4 Å². The van der Waals surface area contributed by atoms with E-state index in [1.165, 1.54) is 6.07 Å². The molecular weight excluding hydrogens is 348 g/mol. The monoisotopic (exact) mass is 376 g/mol. The molecule has 148 valence electrons.